The Kier molecular flexibility index (Phi) is 4.27. The van der Waals surface area contributed by atoms with Crippen LogP contribution in [0, 0.1) is 13.8 Å². The number of rotatable bonds is 3. The molecule has 1 aromatic heterocycles. The second-order valence-electron chi connectivity index (χ2n) is 4.66. The van der Waals surface area contributed by atoms with Gasteiger partial charge in [-0.1, -0.05) is 6.07 Å². The van der Waals surface area contributed by atoms with Crippen LogP contribution in [0.4, 0.5) is 11.4 Å². The van der Waals surface area contributed by atoms with Crippen molar-refractivity contribution < 1.29 is 9.59 Å². The topological polar surface area (TPSA) is 84.0 Å². The minimum Gasteiger partial charge on any atom is -0.326 e. The van der Waals surface area contributed by atoms with E-state index in [2.05, 4.69) is 20.6 Å². The van der Waals surface area contributed by atoms with Crippen molar-refractivity contribution in [1.29, 1.82) is 0 Å². The summed E-state index contributed by atoms with van der Waals surface area (Å²) < 4.78 is 0. The summed E-state index contributed by atoms with van der Waals surface area (Å²) in [6, 6.07) is 8.54. The van der Waals surface area contributed by atoms with Gasteiger partial charge in [-0.05, 0) is 38.1 Å². The van der Waals surface area contributed by atoms with Gasteiger partial charge in [0.25, 0.3) is 5.91 Å². The van der Waals surface area contributed by atoms with Gasteiger partial charge in [-0.15, -0.1) is 0 Å². The van der Waals surface area contributed by atoms with E-state index in [-0.39, 0.29) is 11.8 Å². The molecule has 0 aliphatic heterocycles. The number of hydrogen-bond acceptors (Lipinski definition) is 4. The molecule has 0 saturated carbocycles. The molecule has 6 nitrogen and oxygen atoms in total. The number of carbonyl (C=O) groups excluding carboxylic acids is 2. The van der Waals surface area contributed by atoms with Gasteiger partial charge in [0, 0.05) is 24.0 Å². The van der Waals surface area contributed by atoms with Gasteiger partial charge in [-0.25, -0.2) is 9.97 Å². The fourth-order valence-corrected chi connectivity index (χ4v) is 1.91. The molecule has 0 bridgehead atoms. The molecule has 1 heterocycles. The van der Waals surface area contributed by atoms with E-state index in [0.717, 1.165) is 5.69 Å². The van der Waals surface area contributed by atoms with Crippen LogP contribution in [0.15, 0.2) is 30.3 Å². The number of anilines is 2. The van der Waals surface area contributed by atoms with Crippen LogP contribution < -0.4 is 10.6 Å². The van der Waals surface area contributed by atoms with Crippen LogP contribution in [0.1, 0.15) is 28.9 Å². The van der Waals surface area contributed by atoms with Gasteiger partial charge in [-0.3, -0.25) is 9.59 Å². The van der Waals surface area contributed by atoms with E-state index in [1.165, 1.54) is 6.92 Å². The monoisotopic (exact) mass is 284 g/mol. The number of nitrogens with zero attached hydrogens (tertiary/aromatic N) is 2. The number of nitrogens with one attached hydrogen (secondary N) is 2. The Morgan fingerprint density at radius 1 is 1.00 bits per heavy atom. The van der Waals surface area contributed by atoms with Crippen molar-refractivity contribution in [3.05, 3.63) is 47.5 Å². The highest BCUT2D eigenvalue weighted by atomic mass is 16.2. The smallest absolute Gasteiger partial charge is 0.274 e. The molecule has 1 aromatic carbocycles. The maximum atomic E-state index is 12.2. The molecule has 2 aromatic rings. The van der Waals surface area contributed by atoms with Crippen LogP contribution in [0.5, 0.6) is 0 Å². The minimum absolute atomic E-state index is 0.166. The highest BCUT2D eigenvalue weighted by Crippen LogP contribution is 2.16. The third-order valence-electron chi connectivity index (χ3n) is 2.64. The molecule has 0 radical (unpaired) electrons. The molecule has 0 unspecified atom stereocenters. The zero-order valence-corrected chi connectivity index (χ0v) is 12.1. The van der Waals surface area contributed by atoms with Crippen molar-refractivity contribution in [3.63, 3.8) is 0 Å². The van der Waals surface area contributed by atoms with Gasteiger partial charge in [0.15, 0.2) is 0 Å². The maximum Gasteiger partial charge on any atom is 0.274 e. The van der Waals surface area contributed by atoms with E-state index in [4.69, 9.17) is 0 Å². The van der Waals surface area contributed by atoms with Crippen molar-refractivity contribution >= 4 is 23.2 Å². The number of amides is 2. The third kappa shape index (κ3) is 4.10. The summed E-state index contributed by atoms with van der Waals surface area (Å²) in [4.78, 5) is 31.4. The predicted molar refractivity (Wildman–Crippen MR) is 80.2 cm³/mol. The Morgan fingerprint density at radius 2 is 1.67 bits per heavy atom. The normalized spacial score (nSPS) is 10.0. The molecule has 0 fully saturated rings. The first-order valence-corrected chi connectivity index (χ1v) is 6.45. The molecule has 21 heavy (non-hydrogen) atoms. The van der Waals surface area contributed by atoms with Gasteiger partial charge >= 0.3 is 0 Å². The second kappa shape index (κ2) is 6.13. The molecule has 108 valence electrons. The molecule has 6 heteroatoms. The number of hydrogen-bond donors (Lipinski definition) is 2. The first-order valence-electron chi connectivity index (χ1n) is 6.45. The van der Waals surface area contributed by atoms with Crippen molar-refractivity contribution in [2.75, 3.05) is 10.6 Å². The molecule has 0 spiro atoms. The predicted octanol–water partition coefficient (Wildman–Crippen LogP) is 2.30. The van der Waals surface area contributed by atoms with E-state index in [1.54, 1.807) is 37.3 Å². The number of carbonyl (C=O) groups is 2. The molecule has 0 aliphatic rings. The molecular formula is C15H16N4O2. The number of aromatic nitrogens is 2. The summed E-state index contributed by atoms with van der Waals surface area (Å²) in [5, 5.41) is 5.41. The fourth-order valence-electron chi connectivity index (χ4n) is 1.91. The Morgan fingerprint density at radius 3 is 2.29 bits per heavy atom. The number of benzene rings is 1. The minimum atomic E-state index is -0.316. The van der Waals surface area contributed by atoms with Crippen molar-refractivity contribution in [3.8, 4) is 0 Å². The fraction of sp³-hybridized carbons (Fsp3) is 0.200. The number of aryl methyl sites for hydroxylation is 2. The third-order valence-corrected chi connectivity index (χ3v) is 2.64. The van der Waals surface area contributed by atoms with Gasteiger partial charge in [-0.2, -0.15) is 0 Å². The first-order chi connectivity index (χ1) is 9.94. The molecule has 2 amide bonds. The van der Waals surface area contributed by atoms with Crippen molar-refractivity contribution in [2.45, 2.75) is 20.8 Å². The second-order valence-corrected chi connectivity index (χ2v) is 4.66. The maximum absolute atomic E-state index is 12.2. The average Bonchev–Trinajstić information content (AvgIpc) is 2.37. The zero-order chi connectivity index (χ0) is 15.4. The molecule has 2 N–H and O–H groups in total. The summed E-state index contributed by atoms with van der Waals surface area (Å²) in [5.41, 5.74) is 2.25. The van der Waals surface area contributed by atoms with Crippen LogP contribution in [0.25, 0.3) is 0 Å². The lowest BCUT2D eigenvalue weighted by Crippen LogP contribution is -2.15. The molecular weight excluding hydrogens is 268 g/mol. The van der Waals surface area contributed by atoms with Crippen molar-refractivity contribution in [2.24, 2.45) is 0 Å². The first kappa shape index (κ1) is 14.6. The van der Waals surface area contributed by atoms with Crippen molar-refractivity contribution in [1.82, 2.24) is 9.97 Å². The lowest BCUT2D eigenvalue weighted by Gasteiger charge is -2.08. The van der Waals surface area contributed by atoms with Crippen LogP contribution >= 0.6 is 0 Å². The van der Waals surface area contributed by atoms with Crippen LogP contribution in [0.2, 0.25) is 0 Å². The molecule has 0 atom stereocenters. The van der Waals surface area contributed by atoms with Crippen LogP contribution in [-0.2, 0) is 4.79 Å². The standard InChI is InChI=1S/C15H16N4O2/c1-9-7-14(17-10(2)16-9)15(21)19-13-6-4-5-12(8-13)18-11(3)20/h4-8H,1-3H3,(H,18,20)(H,19,21). The lowest BCUT2D eigenvalue weighted by molar-refractivity contribution is -0.114. The summed E-state index contributed by atoms with van der Waals surface area (Å²) in [6.45, 7) is 4.97. The van der Waals surface area contributed by atoms with E-state index < -0.39 is 0 Å². The van der Waals surface area contributed by atoms with Gasteiger partial charge < -0.3 is 10.6 Å². The average molecular weight is 284 g/mol. The highest BCUT2D eigenvalue weighted by Gasteiger charge is 2.10. The van der Waals surface area contributed by atoms with E-state index >= 15 is 0 Å². The van der Waals surface area contributed by atoms with Gasteiger partial charge in [0.2, 0.25) is 5.91 Å². The Balaban J connectivity index is 2.17. The summed E-state index contributed by atoms with van der Waals surface area (Å²) >= 11 is 0. The lowest BCUT2D eigenvalue weighted by atomic mass is 10.2. The zero-order valence-electron chi connectivity index (χ0n) is 12.1. The van der Waals surface area contributed by atoms with Gasteiger partial charge in [0.05, 0.1) is 0 Å². The quantitative estimate of drug-likeness (QED) is 0.905. The van der Waals surface area contributed by atoms with E-state index in [9.17, 15) is 9.59 Å². The molecule has 2 rings (SSSR count). The largest absolute Gasteiger partial charge is 0.326 e. The summed E-state index contributed by atoms with van der Waals surface area (Å²) in [7, 11) is 0. The van der Waals surface area contributed by atoms with E-state index in [0.29, 0.717) is 22.9 Å². The molecule has 0 aliphatic carbocycles. The van der Waals surface area contributed by atoms with E-state index in [1.807, 2.05) is 6.92 Å². The highest BCUT2D eigenvalue weighted by molar-refractivity contribution is 6.03. The molecule has 0 saturated heterocycles. The van der Waals surface area contributed by atoms with Crippen LogP contribution in [-0.4, -0.2) is 21.8 Å². The Labute approximate surface area is 122 Å². The Hall–Kier alpha value is -2.76. The Bertz CT molecular complexity index is 678. The summed E-state index contributed by atoms with van der Waals surface area (Å²) in [5.74, 6) is 0.0660. The SMILES string of the molecule is CC(=O)Nc1cccc(NC(=O)c2cc(C)nc(C)n2)c1. The van der Waals surface area contributed by atoms with Crippen LogP contribution in [0.3, 0.4) is 0 Å². The van der Waals surface area contributed by atoms with Gasteiger partial charge in [0.1, 0.15) is 11.5 Å². The summed E-state index contributed by atoms with van der Waals surface area (Å²) in [6.07, 6.45) is 0.